The Balaban J connectivity index is 1.37. The summed E-state index contributed by atoms with van der Waals surface area (Å²) in [5, 5.41) is 21.0. The maximum Gasteiger partial charge on any atom is 0.255 e. The predicted molar refractivity (Wildman–Crippen MR) is 162 cm³/mol. The monoisotopic (exact) mass is 633 g/mol. The average Bonchev–Trinajstić information content (AvgIpc) is 3.38. The van der Waals surface area contributed by atoms with Crippen LogP contribution in [0.1, 0.15) is 35.3 Å². The smallest absolute Gasteiger partial charge is 0.255 e. The van der Waals surface area contributed by atoms with Crippen LogP contribution < -0.4 is 20.1 Å². The Hall–Kier alpha value is -4.48. The van der Waals surface area contributed by atoms with Crippen LogP contribution >= 0.6 is 15.9 Å². The number of aromatic nitrogens is 3. The lowest BCUT2D eigenvalue weighted by Gasteiger charge is -2.21. The highest BCUT2D eigenvalue weighted by atomic mass is 79.9. The zero-order chi connectivity index (χ0) is 30.0. The lowest BCUT2D eigenvalue weighted by Crippen LogP contribution is -2.23. The molecule has 5 rings (SSSR count). The van der Waals surface area contributed by atoms with Gasteiger partial charge in [0.1, 0.15) is 17.3 Å². The number of aliphatic hydroxyl groups is 1. The SMILES string of the molecule is COc1cc(-c2ccc3nc(Nc4c(Br)cc(C(C)(C)O)cc4OC)nn3c2)ccc1C(=O)NCc1ccc(F)cc1. The van der Waals surface area contributed by atoms with Crippen molar-refractivity contribution in [3.05, 3.63) is 99.9 Å². The number of hydrogen-bond donors (Lipinski definition) is 3. The molecule has 1 amide bonds. The zero-order valence-corrected chi connectivity index (χ0v) is 25.0. The van der Waals surface area contributed by atoms with E-state index >= 15 is 0 Å². The van der Waals surface area contributed by atoms with E-state index in [-0.39, 0.29) is 18.3 Å². The first-order chi connectivity index (χ1) is 20.0. The summed E-state index contributed by atoms with van der Waals surface area (Å²) in [6, 6.07) is 18.6. The van der Waals surface area contributed by atoms with Gasteiger partial charge in [-0.15, -0.1) is 5.10 Å². The molecular formula is C31H29BrFN5O4. The summed E-state index contributed by atoms with van der Waals surface area (Å²) in [7, 11) is 3.06. The van der Waals surface area contributed by atoms with Crippen LogP contribution in [0.25, 0.3) is 16.8 Å². The van der Waals surface area contributed by atoms with E-state index in [2.05, 4.69) is 36.6 Å². The van der Waals surface area contributed by atoms with Crippen LogP contribution in [0.3, 0.4) is 0 Å². The number of carbonyl (C=O) groups is 1. The second-order valence-corrected chi connectivity index (χ2v) is 11.0. The summed E-state index contributed by atoms with van der Waals surface area (Å²) in [5.74, 6) is 0.659. The number of amides is 1. The number of benzene rings is 3. The third-order valence-corrected chi connectivity index (χ3v) is 7.32. The quantitative estimate of drug-likeness (QED) is 0.177. The van der Waals surface area contributed by atoms with Gasteiger partial charge in [-0.05, 0) is 95.0 Å². The fourth-order valence-electron chi connectivity index (χ4n) is 4.37. The third kappa shape index (κ3) is 6.22. The molecule has 0 aliphatic heterocycles. The Kier molecular flexibility index (Phi) is 8.15. The van der Waals surface area contributed by atoms with Crippen LogP contribution in [0.5, 0.6) is 11.5 Å². The molecule has 5 aromatic rings. The van der Waals surface area contributed by atoms with Crippen LogP contribution in [0.4, 0.5) is 16.0 Å². The van der Waals surface area contributed by atoms with Gasteiger partial charge in [0.15, 0.2) is 5.65 Å². The first kappa shape index (κ1) is 29.0. The van der Waals surface area contributed by atoms with E-state index in [9.17, 15) is 14.3 Å². The van der Waals surface area contributed by atoms with Crippen molar-refractivity contribution in [1.82, 2.24) is 19.9 Å². The molecular weight excluding hydrogens is 605 g/mol. The molecule has 42 heavy (non-hydrogen) atoms. The van der Waals surface area contributed by atoms with Crippen LogP contribution in [-0.2, 0) is 12.1 Å². The van der Waals surface area contributed by atoms with Gasteiger partial charge in [-0.1, -0.05) is 18.2 Å². The number of fused-ring (bicyclic) bond motifs is 1. The van der Waals surface area contributed by atoms with Crippen LogP contribution in [-0.4, -0.2) is 39.8 Å². The summed E-state index contributed by atoms with van der Waals surface area (Å²) in [5.41, 5.74) is 3.72. The normalized spacial score (nSPS) is 11.4. The molecule has 9 nitrogen and oxygen atoms in total. The second kappa shape index (κ2) is 11.8. The maximum absolute atomic E-state index is 13.2. The molecule has 3 aromatic carbocycles. The minimum atomic E-state index is -1.04. The zero-order valence-electron chi connectivity index (χ0n) is 23.4. The first-order valence-corrected chi connectivity index (χ1v) is 13.8. The highest BCUT2D eigenvalue weighted by Gasteiger charge is 2.21. The van der Waals surface area contributed by atoms with Crippen LogP contribution in [0, 0.1) is 5.82 Å². The third-order valence-electron chi connectivity index (χ3n) is 6.69. The van der Waals surface area contributed by atoms with Crippen molar-refractivity contribution in [3.8, 4) is 22.6 Å². The van der Waals surface area contributed by atoms with Gasteiger partial charge < -0.3 is 25.2 Å². The largest absolute Gasteiger partial charge is 0.496 e. The van der Waals surface area contributed by atoms with Crippen molar-refractivity contribution in [1.29, 1.82) is 0 Å². The number of carbonyl (C=O) groups excluding carboxylic acids is 1. The molecule has 0 bridgehead atoms. The molecule has 0 aliphatic rings. The van der Waals surface area contributed by atoms with Gasteiger partial charge >= 0.3 is 0 Å². The highest BCUT2D eigenvalue weighted by Crippen LogP contribution is 2.38. The molecule has 0 spiro atoms. The molecule has 0 atom stereocenters. The molecule has 0 saturated heterocycles. The number of hydrogen-bond acceptors (Lipinski definition) is 7. The second-order valence-electron chi connectivity index (χ2n) is 10.1. The summed E-state index contributed by atoms with van der Waals surface area (Å²) < 4.78 is 26.6. The van der Waals surface area contributed by atoms with E-state index in [0.717, 1.165) is 16.7 Å². The number of nitrogens with one attached hydrogen (secondary N) is 2. The van der Waals surface area contributed by atoms with Crippen molar-refractivity contribution in [3.63, 3.8) is 0 Å². The summed E-state index contributed by atoms with van der Waals surface area (Å²) in [6.45, 7) is 3.67. The van der Waals surface area contributed by atoms with Gasteiger partial charge in [0.25, 0.3) is 5.91 Å². The lowest BCUT2D eigenvalue weighted by atomic mass is 9.98. The summed E-state index contributed by atoms with van der Waals surface area (Å²) >= 11 is 3.56. The molecule has 0 radical (unpaired) electrons. The molecule has 0 unspecified atom stereocenters. The first-order valence-electron chi connectivity index (χ1n) is 13.0. The highest BCUT2D eigenvalue weighted by molar-refractivity contribution is 9.10. The number of anilines is 2. The molecule has 2 heterocycles. The van der Waals surface area contributed by atoms with Gasteiger partial charge in [-0.2, -0.15) is 4.98 Å². The van der Waals surface area contributed by atoms with Crippen molar-refractivity contribution in [2.75, 3.05) is 19.5 Å². The number of nitrogens with zero attached hydrogens (tertiary/aromatic N) is 3. The average molecular weight is 635 g/mol. The topological polar surface area (TPSA) is 110 Å². The van der Waals surface area contributed by atoms with Gasteiger partial charge in [-0.25, -0.2) is 8.91 Å². The Morgan fingerprint density at radius 2 is 1.71 bits per heavy atom. The van der Waals surface area contributed by atoms with Gasteiger partial charge in [-0.3, -0.25) is 4.79 Å². The van der Waals surface area contributed by atoms with Crippen molar-refractivity contribution < 1.29 is 23.8 Å². The number of pyridine rings is 1. The lowest BCUT2D eigenvalue weighted by molar-refractivity contribution is 0.0783. The van der Waals surface area contributed by atoms with Crippen molar-refractivity contribution in [2.45, 2.75) is 26.0 Å². The van der Waals surface area contributed by atoms with E-state index in [4.69, 9.17) is 9.47 Å². The summed E-state index contributed by atoms with van der Waals surface area (Å²) in [4.78, 5) is 17.4. The van der Waals surface area contributed by atoms with Crippen LogP contribution in [0.2, 0.25) is 0 Å². The van der Waals surface area contributed by atoms with Crippen LogP contribution in [0.15, 0.2) is 77.4 Å². The van der Waals surface area contributed by atoms with Gasteiger partial charge in [0, 0.05) is 22.8 Å². The molecule has 3 N–H and O–H groups in total. The van der Waals surface area contributed by atoms with Gasteiger partial charge in [0.2, 0.25) is 5.95 Å². The maximum atomic E-state index is 13.2. The van der Waals surface area contributed by atoms with Crippen molar-refractivity contribution >= 4 is 39.1 Å². The molecule has 216 valence electrons. The van der Waals surface area contributed by atoms with E-state index in [0.29, 0.717) is 44.4 Å². The van der Waals surface area contributed by atoms with Gasteiger partial charge in [0.05, 0.1) is 31.1 Å². The fraction of sp³-hybridized carbons (Fsp3) is 0.194. The number of ether oxygens (including phenoxy) is 2. The molecule has 11 heteroatoms. The van der Waals surface area contributed by atoms with E-state index in [1.54, 1.807) is 55.8 Å². The minimum absolute atomic E-state index is 0.259. The minimum Gasteiger partial charge on any atom is -0.496 e. The number of rotatable bonds is 9. The predicted octanol–water partition coefficient (Wildman–Crippen LogP) is 6.22. The Morgan fingerprint density at radius 3 is 2.40 bits per heavy atom. The van der Waals surface area contributed by atoms with E-state index < -0.39 is 5.60 Å². The molecule has 2 aromatic heterocycles. The molecule has 0 aliphatic carbocycles. The van der Waals surface area contributed by atoms with E-state index in [1.165, 1.54) is 19.2 Å². The number of methoxy groups -OCH3 is 2. The Bertz CT molecular complexity index is 1770. The Labute approximate surface area is 250 Å². The number of halogens is 2. The fourth-order valence-corrected chi connectivity index (χ4v) is 4.91. The summed E-state index contributed by atoms with van der Waals surface area (Å²) in [6.07, 6.45) is 1.83. The standard InChI is InChI=1S/C31H29BrFN5O4/c1-31(2,40)21-14-24(32)28(26(15-21)42-4)36-30-35-27-12-8-20(17-38(27)37-30)19-7-11-23(25(13-19)41-3)29(39)34-16-18-5-9-22(33)10-6-18/h5-15,17,40H,16H2,1-4H3,(H,34,39)(H,36,37). The van der Waals surface area contributed by atoms with E-state index in [1.807, 2.05) is 30.5 Å². The molecule has 0 saturated carbocycles. The Morgan fingerprint density at radius 1 is 1.00 bits per heavy atom. The van der Waals surface area contributed by atoms with Crippen molar-refractivity contribution in [2.24, 2.45) is 0 Å². The molecule has 0 fully saturated rings.